The zero-order chi connectivity index (χ0) is 14.8. The second kappa shape index (κ2) is 6.37. The Morgan fingerprint density at radius 3 is 2.50 bits per heavy atom. The van der Waals surface area contributed by atoms with Gasteiger partial charge < -0.3 is 5.11 Å². The highest BCUT2D eigenvalue weighted by atomic mass is 32.2. The van der Waals surface area contributed by atoms with E-state index in [1.807, 2.05) is 0 Å². The summed E-state index contributed by atoms with van der Waals surface area (Å²) in [6.07, 6.45) is 0.671. The molecule has 6 heteroatoms. The predicted molar refractivity (Wildman–Crippen MR) is 73.4 cm³/mol. The fourth-order valence-corrected chi connectivity index (χ4v) is 2.99. The third-order valence-corrected chi connectivity index (χ3v) is 4.29. The molecule has 1 heterocycles. The standard InChI is InChI=1S/C14H18F3NOS/c1-10(19)12-6-7-18(9-12)8-11-2-4-13(5-3-11)20-14(15,16)17/h2-5,10,12,19H,6-9H2,1H3. The monoisotopic (exact) mass is 305 g/mol. The number of aliphatic hydroxyl groups is 1. The Bertz CT molecular complexity index is 433. The van der Waals surface area contributed by atoms with Crippen LogP contribution in [0.2, 0.25) is 0 Å². The van der Waals surface area contributed by atoms with Crippen LogP contribution in [0.4, 0.5) is 13.2 Å². The van der Waals surface area contributed by atoms with Crippen LogP contribution in [0, 0.1) is 5.92 Å². The van der Waals surface area contributed by atoms with E-state index in [1.54, 1.807) is 19.1 Å². The zero-order valence-corrected chi connectivity index (χ0v) is 12.0. The van der Waals surface area contributed by atoms with Gasteiger partial charge in [-0.15, -0.1) is 0 Å². The van der Waals surface area contributed by atoms with Crippen molar-refractivity contribution >= 4 is 11.8 Å². The smallest absolute Gasteiger partial charge is 0.393 e. The van der Waals surface area contributed by atoms with Gasteiger partial charge in [0.05, 0.1) is 6.10 Å². The van der Waals surface area contributed by atoms with Crippen molar-refractivity contribution in [3.8, 4) is 0 Å². The minimum Gasteiger partial charge on any atom is -0.393 e. The van der Waals surface area contributed by atoms with Crippen molar-refractivity contribution in [3.63, 3.8) is 0 Å². The van der Waals surface area contributed by atoms with Crippen LogP contribution in [-0.4, -0.2) is 34.7 Å². The topological polar surface area (TPSA) is 23.5 Å². The molecule has 1 aliphatic heterocycles. The summed E-state index contributed by atoms with van der Waals surface area (Å²) in [6.45, 7) is 4.29. The van der Waals surface area contributed by atoms with Crippen LogP contribution < -0.4 is 0 Å². The second-order valence-electron chi connectivity index (χ2n) is 5.22. The number of thioether (sulfide) groups is 1. The van der Waals surface area contributed by atoms with E-state index >= 15 is 0 Å². The average Bonchev–Trinajstić information content (AvgIpc) is 2.78. The van der Waals surface area contributed by atoms with Crippen LogP contribution in [0.15, 0.2) is 29.2 Å². The van der Waals surface area contributed by atoms with Gasteiger partial charge in [-0.2, -0.15) is 13.2 Å². The molecule has 1 fully saturated rings. The maximum absolute atomic E-state index is 12.2. The molecule has 1 saturated heterocycles. The van der Waals surface area contributed by atoms with E-state index in [2.05, 4.69) is 4.90 Å². The van der Waals surface area contributed by atoms with E-state index in [4.69, 9.17) is 0 Å². The minimum atomic E-state index is -4.24. The van der Waals surface area contributed by atoms with Crippen LogP contribution in [0.1, 0.15) is 18.9 Å². The lowest BCUT2D eigenvalue weighted by molar-refractivity contribution is -0.0328. The number of nitrogens with zero attached hydrogens (tertiary/aromatic N) is 1. The third kappa shape index (κ3) is 4.68. The summed E-state index contributed by atoms with van der Waals surface area (Å²) >= 11 is -0.0902. The van der Waals surface area contributed by atoms with E-state index in [0.29, 0.717) is 5.92 Å². The number of alkyl halides is 3. The van der Waals surface area contributed by atoms with Crippen LogP contribution in [0.5, 0.6) is 0 Å². The molecule has 20 heavy (non-hydrogen) atoms. The van der Waals surface area contributed by atoms with Gasteiger partial charge in [-0.25, -0.2) is 0 Å². The molecule has 0 spiro atoms. The van der Waals surface area contributed by atoms with Gasteiger partial charge in [-0.3, -0.25) is 4.90 Å². The lowest BCUT2D eigenvalue weighted by Crippen LogP contribution is -2.23. The summed E-state index contributed by atoms with van der Waals surface area (Å²) in [5.41, 5.74) is -3.23. The largest absolute Gasteiger partial charge is 0.446 e. The van der Waals surface area contributed by atoms with E-state index in [9.17, 15) is 18.3 Å². The fraction of sp³-hybridized carbons (Fsp3) is 0.571. The number of hydrogen-bond acceptors (Lipinski definition) is 3. The summed E-state index contributed by atoms with van der Waals surface area (Å²) in [5.74, 6) is 0.301. The molecule has 2 atom stereocenters. The summed E-state index contributed by atoms with van der Waals surface area (Å²) in [4.78, 5) is 2.44. The van der Waals surface area contributed by atoms with Crippen LogP contribution in [0.3, 0.4) is 0 Å². The normalized spacial score (nSPS) is 22.1. The van der Waals surface area contributed by atoms with Gasteiger partial charge in [0.15, 0.2) is 0 Å². The molecule has 1 aliphatic rings. The lowest BCUT2D eigenvalue weighted by Gasteiger charge is -2.17. The molecule has 2 rings (SSSR count). The van der Waals surface area contributed by atoms with E-state index in [-0.39, 0.29) is 22.8 Å². The van der Waals surface area contributed by atoms with Crippen molar-refractivity contribution in [1.29, 1.82) is 0 Å². The second-order valence-corrected chi connectivity index (χ2v) is 6.35. The summed E-state index contributed by atoms with van der Waals surface area (Å²) in [7, 11) is 0. The first kappa shape index (κ1) is 15.7. The minimum absolute atomic E-state index is 0.0902. The highest BCUT2D eigenvalue weighted by Gasteiger charge is 2.29. The maximum Gasteiger partial charge on any atom is 0.446 e. The van der Waals surface area contributed by atoms with E-state index in [0.717, 1.165) is 31.6 Å². The Morgan fingerprint density at radius 1 is 1.35 bits per heavy atom. The Kier molecular flexibility index (Phi) is 4.99. The number of rotatable bonds is 4. The zero-order valence-electron chi connectivity index (χ0n) is 11.2. The van der Waals surface area contributed by atoms with E-state index in [1.165, 1.54) is 12.1 Å². The van der Waals surface area contributed by atoms with Crippen molar-refractivity contribution in [2.24, 2.45) is 5.92 Å². The lowest BCUT2D eigenvalue weighted by atomic mass is 10.0. The Labute approximate surface area is 121 Å². The van der Waals surface area contributed by atoms with Gasteiger partial charge in [0.1, 0.15) is 0 Å². The number of likely N-dealkylation sites (tertiary alicyclic amines) is 1. The predicted octanol–water partition coefficient (Wildman–Crippen LogP) is 3.50. The summed E-state index contributed by atoms with van der Waals surface area (Å²) in [5, 5.41) is 9.54. The molecule has 0 amide bonds. The van der Waals surface area contributed by atoms with Crippen LogP contribution in [0.25, 0.3) is 0 Å². The van der Waals surface area contributed by atoms with Crippen molar-refractivity contribution in [1.82, 2.24) is 4.90 Å². The number of halogens is 3. The first-order valence-electron chi connectivity index (χ1n) is 6.58. The molecule has 112 valence electrons. The third-order valence-electron chi connectivity index (χ3n) is 3.55. The molecule has 1 N–H and O–H groups in total. The molecule has 0 aliphatic carbocycles. The molecular weight excluding hydrogens is 287 g/mol. The molecule has 2 nitrogen and oxygen atoms in total. The van der Waals surface area contributed by atoms with Gasteiger partial charge in [-0.05, 0) is 55.3 Å². The number of hydrogen-bond donors (Lipinski definition) is 1. The molecule has 2 unspecified atom stereocenters. The molecule has 0 bridgehead atoms. The first-order valence-corrected chi connectivity index (χ1v) is 7.40. The van der Waals surface area contributed by atoms with Crippen LogP contribution >= 0.6 is 11.8 Å². The van der Waals surface area contributed by atoms with Crippen LogP contribution in [-0.2, 0) is 6.54 Å². The summed E-state index contributed by atoms with van der Waals surface area (Å²) < 4.78 is 36.7. The van der Waals surface area contributed by atoms with Gasteiger partial charge in [0.25, 0.3) is 0 Å². The quantitative estimate of drug-likeness (QED) is 0.861. The Balaban J connectivity index is 1.88. The highest BCUT2D eigenvalue weighted by Crippen LogP contribution is 2.36. The molecular formula is C14H18F3NOS. The van der Waals surface area contributed by atoms with Gasteiger partial charge in [0, 0.05) is 18.0 Å². The van der Waals surface area contributed by atoms with Gasteiger partial charge in [-0.1, -0.05) is 12.1 Å². The van der Waals surface area contributed by atoms with Crippen molar-refractivity contribution in [2.75, 3.05) is 13.1 Å². The Hall–Kier alpha value is -0.720. The van der Waals surface area contributed by atoms with Crippen molar-refractivity contribution in [3.05, 3.63) is 29.8 Å². The molecule has 0 radical (unpaired) electrons. The molecule has 0 aromatic heterocycles. The Morgan fingerprint density at radius 2 is 2.00 bits per heavy atom. The highest BCUT2D eigenvalue weighted by molar-refractivity contribution is 8.00. The van der Waals surface area contributed by atoms with Crippen molar-refractivity contribution in [2.45, 2.75) is 36.4 Å². The molecule has 1 aromatic carbocycles. The molecule has 1 aromatic rings. The molecule has 0 saturated carbocycles. The maximum atomic E-state index is 12.2. The summed E-state index contributed by atoms with van der Waals surface area (Å²) in [6, 6.07) is 6.50. The van der Waals surface area contributed by atoms with Crippen molar-refractivity contribution < 1.29 is 18.3 Å². The van der Waals surface area contributed by atoms with E-state index < -0.39 is 5.51 Å². The first-order chi connectivity index (χ1) is 9.33. The number of aliphatic hydroxyl groups excluding tert-OH is 1. The number of benzene rings is 1. The SMILES string of the molecule is CC(O)C1CCN(Cc2ccc(SC(F)(F)F)cc2)C1. The van der Waals surface area contributed by atoms with Gasteiger partial charge in [0.2, 0.25) is 0 Å². The van der Waals surface area contributed by atoms with Gasteiger partial charge >= 0.3 is 5.51 Å². The average molecular weight is 305 g/mol. The fourth-order valence-electron chi connectivity index (χ4n) is 2.45.